The molecule has 1 aromatic carbocycles. The molecule has 0 aromatic heterocycles. The highest BCUT2D eigenvalue weighted by Gasteiger charge is 2.48. The first-order chi connectivity index (χ1) is 8.90. The highest BCUT2D eigenvalue weighted by Crippen LogP contribution is 2.39. The lowest BCUT2D eigenvalue weighted by molar-refractivity contribution is -0.140. The number of carbonyl (C=O) groups is 2. The van der Waals surface area contributed by atoms with Crippen LogP contribution in [0, 0.1) is 11.8 Å². The lowest BCUT2D eigenvalue weighted by Crippen LogP contribution is -2.29. The summed E-state index contributed by atoms with van der Waals surface area (Å²) in [7, 11) is 0. The van der Waals surface area contributed by atoms with Gasteiger partial charge in [-0.15, -0.1) is 0 Å². The molecule has 102 valence electrons. The molecule has 2 rings (SSSR count). The zero-order chi connectivity index (χ0) is 14.2. The van der Waals surface area contributed by atoms with E-state index in [0.717, 1.165) is 5.56 Å². The van der Waals surface area contributed by atoms with Crippen LogP contribution in [0.15, 0.2) is 18.2 Å². The number of aliphatic carboxylic acids is 1. The molecule has 1 amide bonds. The van der Waals surface area contributed by atoms with Crippen molar-refractivity contribution in [3.8, 4) is 0 Å². The van der Waals surface area contributed by atoms with Crippen LogP contribution in [0.4, 0.5) is 0 Å². The maximum Gasteiger partial charge on any atom is 0.307 e. The molecule has 1 aliphatic rings. The van der Waals surface area contributed by atoms with Gasteiger partial charge in [-0.3, -0.25) is 9.59 Å². The number of carbonyl (C=O) groups excluding carboxylic acids is 1. The Bertz CT molecular complexity index is 533. The van der Waals surface area contributed by atoms with E-state index in [-0.39, 0.29) is 11.9 Å². The molecule has 19 heavy (non-hydrogen) atoms. The van der Waals surface area contributed by atoms with Gasteiger partial charge in [0.1, 0.15) is 0 Å². The lowest BCUT2D eigenvalue weighted by atomic mass is 10.1. The van der Waals surface area contributed by atoms with Gasteiger partial charge in [0.15, 0.2) is 0 Å². The molecule has 1 aromatic rings. The van der Waals surface area contributed by atoms with Crippen molar-refractivity contribution in [2.45, 2.75) is 19.4 Å². The van der Waals surface area contributed by atoms with E-state index in [9.17, 15) is 9.59 Å². The second-order valence-corrected chi connectivity index (χ2v) is 5.51. The SMILES string of the molecule is CC(NC(=O)[C@@H]1C[C@@H]1C(=O)O)c1ccc(Cl)c(Cl)c1. The molecule has 0 spiro atoms. The predicted octanol–water partition coefficient (Wildman–Crippen LogP) is 2.89. The van der Waals surface area contributed by atoms with Crippen molar-refractivity contribution in [1.29, 1.82) is 0 Å². The van der Waals surface area contributed by atoms with Gasteiger partial charge in [0.2, 0.25) is 5.91 Å². The molecule has 3 atom stereocenters. The Kier molecular flexibility index (Phi) is 4.02. The van der Waals surface area contributed by atoms with Crippen LogP contribution in [0.2, 0.25) is 10.0 Å². The van der Waals surface area contributed by atoms with Gasteiger partial charge in [-0.1, -0.05) is 29.3 Å². The Balaban J connectivity index is 1.97. The van der Waals surface area contributed by atoms with Crippen LogP contribution in [0.25, 0.3) is 0 Å². The second-order valence-electron chi connectivity index (χ2n) is 4.69. The summed E-state index contributed by atoms with van der Waals surface area (Å²) in [5.74, 6) is -2.10. The van der Waals surface area contributed by atoms with Crippen LogP contribution in [-0.2, 0) is 9.59 Å². The molecule has 1 fully saturated rings. The number of carboxylic acid groups (broad SMARTS) is 1. The van der Waals surface area contributed by atoms with Gasteiger partial charge in [-0.2, -0.15) is 0 Å². The summed E-state index contributed by atoms with van der Waals surface area (Å²) in [6, 6.07) is 4.90. The Hall–Kier alpha value is -1.26. The molecule has 0 radical (unpaired) electrons. The molecular formula is C13H13Cl2NO3. The largest absolute Gasteiger partial charge is 0.481 e. The minimum atomic E-state index is -0.914. The van der Waals surface area contributed by atoms with Crippen LogP contribution in [0.3, 0.4) is 0 Å². The van der Waals surface area contributed by atoms with E-state index in [1.165, 1.54) is 0 Å². The third-order valence-corrected chi connectivity index (χ3v) is 3.99. The summed E-state index contributed by atoms with van der Waals surface area (Å²) in [6.07, 6.45) is 0.412. The molecule has 0 saturated heterocycles. The van der Waals surface area contributed by atoms with Gasteiger partial charge in [0.05, 0.1) is 27.9 Å². The monoisotopic (exact) mass is 301 g/mol. The minimum absolute atomic E-state index is 0.231. The Labute approximate surface area is 120 Å². The molecule has 0 aliphatic heterocycles. The number of hydrogen-bond acceptors (Lipinski definition) is 2. The molecule has 4 nitrogen and oxygen atoms in total. The van der Waals surface area contributed by atoms with Gasteiger partial charge in [-0.05, 0) is 31.0 Å². The maximum atomic E-state index is 11.8. The molecular weight excluding hydrogens is 289 g/mol. The van der Waals surface area contributed by atoms with Crippen molar-refractivity contribution < 1.29 is 14.7 Å². The van der Waals surface area contributed by atoms with E-state index >= 15 is 0 Å². The van der Waals surface area contributed by atoms with E-state index < -0.39 is 17.8 Å². The van der Waals surface area contributed by atoms with E-state index in [1.807, 2.05) is 6.92 Å². The highest BCUT2D eigenvalue weighted by molar-refractivity contribution is 6.42. The van der Waals surface area contributed by atoms with E-state index in [0.29, 0.717) is 16.5 Å². The topological polar surface area (TPSA) is 66.4 Å². The fourth-order valence-corrected chi connectivity index (χ4v) is 2.25. The van der Waals surface area contributed by atoms with E-state index in [4.69, 9.17) is 28.3 Å². The number of carboxylic acids is 1. The molecule has 1 aliphatic carbocycles. The fourth-order valence-electron chi connectivity index (χ4n) is 1.94. The standard InChI is InChI=1S/C13H13Cl2NO3/c1-6(7-2-3-10(14)11(15)4-7)16-12(17)8-5-9(8)13(18)19/h2-4,6,8-9H,5H2,1H3,(H,16,17)(H,18,19)/t6?,8-,9+/m1/s1. The Morgan fingerprint density at radius 1 is 1.32 bits per heavy atom. The van der Waals surface area contributed by atoms with Crippen LogP contribution < -0.4 is 5.32 Å². The third kappa shape index (κ3) is 3.19. The van der Waals surface area contributed by atoms with Crippen LogP contribution in [0.1, 0.15) is 24.9 Å². The summed E-state index contributed by atoms with van der Waals surface area (Å²) in [5.41, 5.74) is 0.829. The summed E-state index contributed by atoms with van der Waals surface area (Å²) in [6.45, 7) is 1.82. The van der Waals surface area contributed by atoms with Crippen molar-refractivity contribution in [1.82, 2.24) is 5.32 Å². The van der Waals surface area contributed by atoms with Gasteiger partial charge in [0.25, 0.3) is 0 Å². The number of rotatable bonds is 4. The third-order valence-electron chi connectivity index (χ3n) is 3.25. The Morgan fingerprint density at radius 2 is 2.00 bits per heavy atom. The zero-order valence-electron chi connectivity index (χ0n) is 10.2. The average Bonchev–Trinajstić information content (AvgIpc) is 3.12. The molecule has 0 bridgehead atoms. The summed E-state index contributed by atoms with van der Waals surface area (Å²) >= 11 is 11.7. The van der Waals surface area contributed by atoms with Crippen molar-refractivity contribution in [2.24, 2.45) is 11.8 Å². The number of benzene rings is 1. The van der Waals surface area contributed by atoms with E-state index in [2.05, 4.69) is 5.32 Å². The van der Waals surface area contributed by atoms with Crippen molar-refractivity contribution in [2.75, 3.05) is 0 Å². The zero-order valence-corrected chi connectivity index (χ0v) is 11.7. The first-order valence-electron chi connectivity index (χ1n) is 5.88. The van der Waals surface area contributed by atoms with Gasteiger partial charge in [-0.25, -0.2) is 0 Å². The number of hydrogen-bond donors (Lipinski definition) is 2. The number of halogens is 2. The number of nitrogens with one attached hydrogen (secondary N) is 1. The minimum Gasteiger partial charge on any atom is -0.481 e. The van der Waals surface area contributed by atoms with Crippen molar-refractivity contribution >= 4 is 35.1 Å². The van der Waals surface area contributed by atoms with Crippen molar-refractivity contribution in [3.63, 3.8) is 0 Å². The lowest BCUT2D eigenvalue weighted by Gasteiger charge is -2.15. The second kappa shape index (κ2) is 5.39. The molecule has 1 saturated carbocycles. The quantitative estimate of drug-likeness (QED) is 0.898. The maximum absolute atomic E-state index is 11.8. The van der Waals surface area contributed by atoms with Crippen LogP contribution >= 0.6 is 23.2 Å². The smallest absolute Gasteiger partial charge is 0.307 e. The van der Waals surface area contributed by atoms with Gasteiger partial charge in [0, 0.05) is 0 Å². The normalized spacial score (nSPS) is 22.7. The number of amides is 1. The molecule has 2 N–H and O–H groups in total. The van der Waals surface area contributed by atoms with Crippen LogP contribution in [-0.4, -0.2) is 17.0 Å². The van der Waals surface area contributed by atoms with Gasteiger partial charge < -0.3 is 10.4 Å². The fraction of sp³-hybridized carbons (Fsp3) is 0.385. The molecule has 0 heterocycles. The molecule has 6 heteroatoms. The summed E-state index contributed by atoms with van der Waals surface area (Å²) in [4.78, 5) is 22.5. The van der Waals surface area contributed by atoms with Crippen molar-refractivity contribution in [3.05, 3.63) is 33.8 Å². The summed E-state index contributed by atoms with van der Waals surface area (Å²) < 4.78 is 0. The first-order valence-corrected chi connectivity index (χ1v) is 6.64. The van der Waals surface area contributed by atoms with Gasteiger partial charge >= 0.3 is 5.97 Å². The average molecular weight is 302 g/mol. The molecule has 1 unspecified atom stereocenters. The first kappa shape index (κ1) is 14.2. The summed E-state index contributed by atoms with van der Waals surface area (Å²) in [5, 5.41) is 12.4. The Morgan fingerprint density at radius 3 is 2.53 bits per heavy atom. The predicted molar refractivity (Wildman–Crippen MR) is 72.3 cm³/mol. The van der Waals surface area contributed by atoms with E-state index in [1.54, 1.807) is 18.2 Å². The van der Waals surface area contributed by atoms with Crippen LogP contribution in [0.5, 0.6) is 0 Å². The highest BCUT2D eigenvalue weighted by atomic mass is 35.5.